The van der Waals surface area contributed by atoms with Crippen LogP contribution < -0.4 is 4.90 Å². The summed E-state index contributed by atoms with van der Waals surface area (Å²) in [5, 5.41) is 8.94. The van der Waals surface area contributed by atoms with E-state index >= 15 is 0 Å². The van der Waals surface area contributed by atoms with E-state index in [4.69, 9.17) is 9.84 Å². The number of piperidine rings is 1. The molecule has 0 aliphatic carbocycles. The van der Waals surface area contributed by atoms with Crippen molar-refractivity contribution >= 4 is 5.82 Å². The lowest BCUT2D eigenvalue weighted by Gasteiger charge is -2.32. The Morgan fingerprint density at radius 2 is 2.19 bits per heavy atom. The molecule has 1 saturated heterocycles. The standard InChI is InChI=1S/C12H18N2O2/c1-16-11-4-6-14(7-5-11)12-3-2-10(9-15)8-13-12/h2-3,8,11,15H,4-7,9H2,1H3. The molecule has 0 aromatic carbocycles. The molecule has 4 nitrogen and oxygen atoms in total. The first-order valence-electron chi connectivity index (χ1n) is 5.67. The van der Waals surface area contributed by atoms with Crippen LogP contribution in [0.3, 0.4) is 0 Å². The number of rotatable bonds is 3. The molecule has 88 valence electrons. The van der Waals surface area contributed by atoms with Crippen LogP contribution in [0.5, 0.6) is 0 Å². The molecule has 1 fully saturated rings. The normalized spacial score (nSPS) is 17.8. The van der Waals surface area contributed by atoms with Crippen molar-refractivity contribution in [3.8, 4) is 0 Å². The largest absolute Gasteiger partial charge is 0.392 e. The number of aliphatic hydroxyl groups is 1. The van der Waals surface area contributed by atoms with Crippen molar-refractivity contribution in [3.63, 3.8) is 0 Å². The third kappa shape index (κ3) is 2.51. The molecular formula is C12H18N2O2. The molecule has 0 spiro atoms. The highest BCUT2D eigenvalue weighted by Gasteiger charge is 2.19. The predicted molar refractivity (Wildman–Crippen MR) is 62.4 cm³/mol. The highest BCUT2D eigenvalue weighted by molar-refractivity contribution is 5.39. The summed E-state index contributed by atoms with van der Waals surface area (Å²) in [4.78, 5) is 6.61. The number of ether oxygens (including phenoxy) is 1. The minimum absolute atomic E-state index is 0.0546. The van der Waals surface area contributed by atoms with E-state index in [9.17, 15) is 0 Å². The topological polar surface area (TPSA) is 45.6 Å². The monoisotopic (exact) mass is 222 g/mol. The zero-order valence-corrected chi connectivity index (χ0v) is 9.59. The molecule has 2 heterocycles. The van der Waals surface area contributed by atoms with Gasteiger partial charge in [0.15, 0.2) is 0 Å². The minimum atomic E-state index is 0.0546. The van der Waals surface area contributed by atoms with Gasteiger partial charge >= 0.3 is 0 Å². The molecule has 0 bridgehead atoms. The van der Waals surface area contributed by atoms with E-state index in [-0.39, 0.29) is 6.61 Å². The Bertz CT molecular complexity index is 318. The van der Waals surface area contributed by atoms with Crippen LogP contribution in [0, 0.1) is 0 Å². The molecule has 1 aromatic rings. The summed E-state index contributed by atoms with van der Waals surface area (Å²) in [6.45, 7) is 2.03. The van der Waals surface area contributed by atoms with Gasteiger partial charge < -0.3 is 14.7 Å². The highest BCUT2D eigenvalue weighted by atomic mass is 16.5. The number of nitrogens with zero attached hydrogens (tertiary/aromatic N) is 2. The SMILES string of the molecule is COC1CCN(c2ccc(CO)cn2)CC1. The van der Waals surface area contributed by atoms with E-state index in [0.29, 0.717) is 6.10 Å². The molecular weight excluding hydrogens is 204 g/mol. The fraction of sp³-hybridized carbons (Fsp3) is 0.583. The summed E-state index contributed by atoms with van der Waals surface area (Å²) in [5.41, 5.74) is 0.857. The first kappa shape index (κ1) is 11.4. The molecule has 16 heavy (non-hydrogen) atoms. The Kier molecular flexibility index (Phi) is 3.74. The first-order chi connectivity index (χ1) is 7.83. The van der Waals surface area contributed by atoms with Gasteiger partial charge in [0.1, 0.15) is 5.82 Å². The third-order valence-corrected chi connectivity index (χ3v) is 3.09. The number of methoxy groups -OCH3 is 1. The summed E-state index contributed by atoms with van der Waals surface area (Å²) in [7, 11) is 1.77. The Morgan fingerprint density at radius 1 is 1.44 bits per heavy atom. The molecule has 1 aliphatic heterocycles. The van der Waals surface area contributed by atoms with Crippen LogP contribution in [0.15, 0.2) is 18.3 Å². The van der Waals surface area contributed by atoms with Gasteiger partial charge in [-0.25, -0.2) is 4.98 Å². The van der Waals surface area contributed by atoms with Gasteiger partial charge in [-0.05, 0) is 24.5 Å². The number of pyridine rings is 1. The Balaban J connectivity index is 1.97. The number of hydrogen-bond acceptors (Lipinski definition) is 4. The van der Waals surface area contributed by atoms with Gasteiger partial charge in [0, 0.05) is 26.4 Å². The predicted octanol–water partition coefficient (Wildman–Crippen LogP) is 1.19. The fourth-order valence-electron chi connectivity index (χ4n) is 2.02. The van der Waals surface area contributed by atoms with Gasteiger partial charge in [-0.15, -0.1) is 0 Å². The maximum Gasteiger partial charge on any atom is 0.128 e. The van der Waals surface area contributed by atoms with Gasteiger partial charge in [-0.3, -0.25) is 0 Å². The van der Waals surface area contributed by atoms with E-state index in [1.807, 2.05) is 12.1 Å². The lowest BCUT2D eigenvalue weighted by atomic mass is 10.1. The second kappa shape index (κ2) is 5.27. The number of anilines is 1. The van der Waals surface area contributed by atoms with Crippen molar-refractivity contribution in [2.45, 2.75) is 25.6 Å². The van der Waals surface area contributed by atoms with Crippen molar-refractivity contribution in [2.75, 3.05) is 25.1 Å². The summed E-state index contributed by atoms with van der Waals surface area (Å²) in [6, 6.07) is 3.89. The smallest absolute Gasteiger partial charge is 0.128 e. The van der Waals surface area contributed by atoms with Gasteiger partial charge in [-0.1, -0.05) is 6.07 Å². The maximum absolute atomic E-state index is 8.94. The van der Waals surface area contributed by atoms with Crippen LogP contribution in [0.25, 0.3) is 0 Å². The molecule has 4 heteroatoms. The second-order valence-corrected chi connectivity index (χ2v) is 4.10. The molecule has 0 saturated carbocycles. The first-order valence-corrected chi connectivity index (χ1v) is 5.67. The van der Waals surface area contributed by atoms with Crippen LogP contribution in [0.4, 0.5) is 5.82 Å². The van der Waals surface area contributed by atoms with Crippen LogP contribution in [-0.2, 0) is 11.3 Å². The van der Waals surface area contributed by atoms with E-state index < -0.39 is 0 Å². The van der Waals surface area contributed by atoms with Crippen molar-refractivity contribution in [2.24, 2.45) is 0 Å². The third-order valence-electron chi connectivity index (χ3n) is 3.09. The molecule has 1 N–H and O–H groups in total. The zero-order chi connectivity index (χ0) is 11.4. The lowest BCUT2D eigenvalue weighted by molar-refractivity contribution is 0.0818. The molecule has 0 radical (unpaired) electrons. The van der Waals surface area contributed by atoms with Crippen LogP contribution in [-0.4, -0.2) is 36.4 Å². The summed E-state index contributed by atoms with van der Waals surface area (Å²) < 4.78 is 5.33. The molecule has 0 amide bonds. The quantitative estimate of drug-likeness (QED) is 0.834. The Morgan fingerprint density at radius 3 is 2.69 bits per heavy atom. The highest BCUT2D eigenvalue weighted by Crippen LogP contribution is 2.19. The van der Waals surface area contributed by atoms with Crippen LogP contribution in [0.2, 0.25) is 0 Å². The molecule has 0 unspecified atom stereocenters. The van der Waals surface area contributed by atoms with E-state index in [1.165, 1.54) is 0 Å². The van der Waals surface area contributed by atoms with Gasteiger partial charge in [0.05, 0.1) is 12.7 Å². The second-order valence-electron chi connectivity index (χ2n) is 4.10. The summed E-state index contributed by atoms with van der Waals surface area (Å²) >= 11 is 0. The average Bonchev–Trinajstić information content (AvgIpc) is 2.39. The average molecular weight is 222 g/mol. The van der Waals surface area contributed by atoms with E-state index in [1.54, 1.807) is 13.3 Å². The van der Waals surface area contributed by atoms with E-state index in [0.717, 1.165) is 37.3 Å². The van der Waals surface area contributed by atoms with Gasteiger partial charge in [-0.2, -0.15) is 0 Å². The summed E-state index contributed by atoms with van der Waals surface area (Å²) in [6.07, 6.45) is 4.24. The molecule has 0 atom stereocenters. The van der Waals surface area contributed by atoms with Gasteiger partial charge in [0.25, 0.3) is 0 Å². The van der Waals surface area contributed by atoms with Crippen molar-refractivity contribution < 1.29 is 9.84 Å². The number of aliphatic hydroxyl groups excluding tert-OH is 1. The Labute approximate surface area is 95.9 Å². The number of hydrogen-bond donors (Lipinski definition) is 1. The van der Waals surface area contributed by atoms with Crippen LogP contribution >= 0.6 is 0 Å². The van der Waals surface area contributed by atoms with Crippen molar-refractivity contribution in [3.05, 3.63) is 23.9 Å². The summed E-state index contributed by atoms with van der Waals surface area (Å²) in [5.74, 6) is 0.992. The minimum Gasteiger partial charge on any atom is -0.392 e. The van der Waals surface area contributed by atoms with Crippen molar-refractivity contribution in [1.29, 1.82) is 0 Å². The number of aromatic nitrogens is 1. The van der Waals surface area contributed by atoms with Crippen molar-refractivity contribution in [1.82, 2.24) is 4.98 Å². The zero-order valence-electron chi connectivity index (χ0n) is 9.59. The van der Waals surface area contributed by atoms with Crippen LogP contribution in [0.1, 0.15) is 18.4 Å². The Hall–Kier alpha value is -1.13. The lowest BCUT2D eigenvalue weighted by Crippen LogP contribution is -2.37. The van der Waals surface area contributed by atoms with E-state index in [2.05, 4.69) is 9.88 Å². The fourth-order valence-corrected chi connectivity index (χ4v) is 2.02. The van der Waals surface area contributed by atoms with Gasteiger partial charge in [0.2, 0.25) is 0 Å². The maximum atomic E-state index is 8.94. The molecule has 1 aliphatic rings. The molecule has 2 rings (SSSR count). The molecule has 1 aromatic heterocycles.